The summed E-state index contributed by atoms with van der Waals surface area (Å²) in [5, 5.41) is 0. The SMILES string of the molecule is C[C@H](OC(=O)CCN1C(=O)c2ccccc2C1=O)C(=O)c1ccc(F)cc1. The molecule has 6 nitrogen and oxygen atoms in total. The minimum Gasteiger partial charge on any atom is -0.454 e. The smallest absolute Gasteiger partial charge is 0.308 e. The average Bonchev–Trinajstić information content (AvgIpc) is 2.91. The van der Waals surface area contributed by atoms with Crippen LogP contribution in [-0.2, 0) is 9.53 Å². The Balaban J connectivity index is 1.56. The molecule has 27 heavy (non-hydrogen) atoms. The monoisotopic (exact) mass is 369 g/mol. The van der Waals surface area contributed by atoms with E-state index in [1.54, 1.807) is 24.3 Å². The van der Waals surface area contributed by atoms with Crippen LogP contribution in [0.1, 0.15) is 44.4 Å². The van der Waals surface area contributed by atoms with E-state index in [0.717, 1.165) is 17.0 Å². The van der Waals surface area contributed by atoms with Crippen molar-refractivity contribution in [3.05, 3.63) is 71.0 Å². The predicted molar refractivity (Wildman–Crippen MR) is 92.7 cm³/mol. The van der Waals surface area contributed by atoms with Gasteiger partial charge in [0.1, 0.15) is 5.82 Å². The zero-order valence-electron chi connectivity index (χ0n) is 14.5. The summed E-state index contributed by atoms with van der Waals surface area (Å²) in [5.41, 5.74) is 0.823. The average molecular weight is 369 g/mol. The third kappa shape index (κ3) is 3.76. The van der Waals surface area contributed by atoms with Crippen molar-refractivity contribution in [2.45, 2.75) is 19.4 Å². The molecule has 0 radical (unpaired) electrons. The highest BCUT2D eigenvalue weighted by molar-refractivity contribution is 6.21. The topological polar surface area (TPSA) is 80.8 Å². The number of carbonyl (C=O) groups excluding carboxylic acids is 4. The largest absolute Gasteiger partial charge is 0.454 e. The zero-order chi connectivity index (χ0) is 19.6. The number of Topliss-reactive ketones (excluding diaryl/α,β-unsaturated/α-hetero) is 1. The van der Waals surface area contributed by atoms with Gasteiger partial charge in [0.05, 0.1) is 17.5 Å². The molecule has 0 aliphatic carbocycles. The number of amides is 2. The number of carbonyl (C=O) groups is 4. The van der Waals surface area contributed by atoms with Crippen LogP contribution in [0.4, 0.5) is 4.39 Å². The van der Waals surface area contributed by atoms with Gasteiger partial charge in [0, 0.05) is 12.1 Å². The first-order valence-electron chi connectivity index (χ1n) is 8.33. The van der Waals surface area contributed by atoms with Gasteiger partial charge in [0.25, 0.3) is 11.8 Å². The molecule has 3 rings (SSSR count). The molecular weight excluding hydrogens is 353 g/mol. The van der Waals surface area contributed by atoms with E-state index < -0.39 is 35.5 Å². The van der Waals surface area contributed by atoms with Crippen molar-refractivity contribution in [3.63, 3.8) is 0 Å². The van der Waals surface area contributed by atoms with Crippen molar-refractivity contribution in [1.29, 1.82) is 0 Å². The maximum absolute atomic E-state index is 12.9. The van der Waals surface area contributed by atoms with Gasteiger partial charge in [0.2, 0.25) is 5.78 Å². The zero-order valence-corrected chi connectivity index (χ0v) is 14.5. The summed E-state index contributed by atoms with van der Waals surface area (Å²) in [4.78, 5) is 49.6. The minimum absolute atomic E-state index is 0.136. The van der Waals surface area contributed by atoms with Gasteiger partial charge in [-0.15, -0.1) is 0 Å². The number of ketones is 1. The molecule has 0 fully saturated rings. The van der Waals surface area contributed by atoms with Gasteiger partial charge < -0.3 is 4.74 Å². The molecule has 138 valence electrons. The molecule has 7 heteroatoms. The second-order valence-electron chi connectivity index (χ2n) is 6.06. The van der Waals surface area contributed by atoms with E-state index >= 15 is 0 Å². The molecular formula is C20H16FNO5. The van der Waals surface area contributed by atoms with Crippen LogP contribution in [0, 0.1) is 5.82 Å². The van der Waals surface area contributed by atoms with Crippen molar-refractivity contribution < 1.29 is 28.3 Å². The van der Waals surface area contributed by atoms with Crippen LogP contribution in [-0.4, -0.2) is 41.1 Å². The number of rotatable bonds is 6. The summed E-state index contributed by atoms with van der Waals surface area (Å²) in [6, 6.07) is 11.3. The van der Waals surface area contributed by atoms with E-state index in [9.17, 15) is 23.6 Å². The summed E-state index contributed by atoms with van der Waals surface area (Å²) in [6.45, 7) is 1.27. The molecule has 1 aliphatic heterocycles. The number of ether oxygens (including phenoxy) is 1. The van der Waals surface area contributed by atoms with Crippen molar-refractivity contribution in [3.8, 4) is 0 Å². The molecule has 2 aromatic carbocycles. The lowest BCUT2D eigenvalue weighted by atomic mass is 10.1. The molecule has 1 heterocycles. The highest BCUT2D eigenvalue weighted by Crippen LogP contribution is 2.22. The van der Waals surface area contributed by atoms with Crippen LogP contribution in [0.5, 0.6) is 0 Å². The van der Waals surface area contributed by atoms with Crippen LogP contribution in [0.15, 0.2) is 48.5 Å². The normalized spacial score (nSPS) is 14.1. The summed E-state index contributed by atoms with van der Waals surface area (Å²) in [6.07, 6.45) is -1.29. The van der Waals surface area contributed by atoms with Gasteiger partial charge in [-0.25, -0.2) is 4.39 Å². The van der Waals surface area contributed by atoms with E-state index in [2.05, 4.69) is 0 Å². The molecule has 0 spiro atoms. The standard InChI is InChI=1S/C20H16FNO5/c1-12(18(24)13-6-8-14(21)9-7-13)27-17(23)10-11-22-19(25)15-4-2-3-5-16(15)20(22)26/h2-9,12H,10-11H2,1H3/t12-/m0/s1. The Bertz CT molecular complexity index is 887. The number of esters is 1. The predicted octanol–water partition coefficient (Wildman–Crippen LogP) is 2.63. The molecule has 1 aliphatic rings. The van der Waals surface area contributed by atoms with E-state index in [1.807, 2.05) is 0 Å². The number of halogens is 1. The van der Waals surface area contributed by atoms with Crippen LogP contribution in [0.25, 0.3) is 0 Å². The van der Waals surface area contributed by atoms with Crippen molar-refractivity contribution in [1.82, 2.24) is 4.90 Å². The number of hydrogen-bond acceptors (Lipinski definition) is 5. The Kier molecular flexibility index (Phi) is 5.12. The maximum Gasteiger partial charge on any atom is 0.308 e. The second kappa shape index (κ2) is 7.49. The molecule has 0 saturated heterocycles. The third-order valence-electron chi connectivity index (χ3n) is 4.22. The van der Waals surface area contributed by atoms with Crippen LogP contribution in [0.3, 0.4) is 0 Å². The molecule has 0 aromatic heterocycles. The fraction of sp³-hybridized carbons (Fsp3) is 0.200. The van der Waals surface area contributed by atoms with Crippen molar-refractivity contribution >= 4 is 23.6 Å². The first-order valence-corrected chi connectivity index (χ1v) is 8.33. The van der Waals surface area contributed by atoms with Crippen LogP contribution < -0.4 is 0 Å². The van der Waals surface area contributed by atoms with Gasteiger partial charge in [0.15, 0.2) is 6.10 Å². The number of imide groups is 1. The van der Waals surface area contributed by atoms with Gasteiger partial charge in [-0.05, 0) is 43.3 Å². The highest BCUT2D eigenvalue weighted by Gasteiger charge is 2.35. The number of hydrogen-bond donors (Lipinski definition) is 0. The fourth-order valence-corrected chi connectivity index (χ4v) is 2.80. The Morgan fingerprint density at radius 2 is 1.56 bits per heavy atom. The van der Waals surface area contributed by atoms with Crippen LogP contribution >= 0.6 is 0 Å². The Morgan fingerprint density at radius 3 is 2.11 bits per heavy atom. The molecule has 0 bridgehead atoms. The van der Waals surface area contributed by atoms with Gasteiger partial charge in [-0.2, -0.15) is 0 Å². The number of fused-ring (bicyclic) bond motifs is 1. The summed E-state index contributed by atoms with van der Waals surface area (Å²) in [5.74, 6) is -2.58. The lowest BCUT2D eigenvalue weighted by Crippen LogP contribution is -2.33. The second-order valence-corrected chi connectivity index (χ2v) is 6.06. The number of nitrogens with zero attached hydrogens (tertiary/aromatic N) is 1. The maximum atomic E-state index is 12.9. The van der Waals surface area contributed by atoms with Crippen molar-refractivity contribution in [2.24, 2.45) is 0 Å². The molecule has 0 saturated carbocycles. The van der Waals surface area contributed by atoms with Gasteiger partial charge >= 0.3 is 5.97 Å². The Labute approximate surface area is 154 Å². The number of benzene rings is 2. The highest BCUT2D eigenvalue weighted by atomic mass is 19.1. The van der Waals surface area contributed by atoms with Gasteiger partial charge in [-0.1, -0.05) is 12.1 Å². The molecule has 2 amide bonds. The first kappa shape index (κ1) is 18.4. The lowest BCUT2D eigenvalue weighted by molar-refractivity contribution is -0.146. The van der Waals surface area contributed by atoms with Gasteiger partial charge in [-0.3, -0.25) is 24.1 Å². The van der Waals surface area contributed by atoms with E-state index in [0.29, 0.717) is 11.1 Å². The van der Waals surface area contributed by atoms with E-state index in [-0.39, 0.29) is 18.5 Å². The lowest BCUT2D eigenvalue weighted by Gasteiger charge is -2.15. The molecule has 0 N–H and O–H groups in total. The molecule has 0 unspecified atom stereocenters. The summed E-state index contributed by atoms with van der Waals surface area (Å²) in [7, 11) is 0. The summed E-state index contributed by atoms with van der Waals surface area (Å²) >= 11 is 0. The van der Waals surface area contributed by atoms with E-state index in [4.69, 9.17) is 4.74 Å². The fourth-order valence-electron chi connectivity index (χ4n) is 2.80. The minimum atomic E-state index is -1.06. The third-order valence-corrected chi connectivity index (χ3v) is 4.22. The summed E-state index contributed by atoms with van der Waals surface area (Å²) < 4.78 is 18.0. The molecule has 2 aromatic rings. The first-order chi connectivity index (χ1) is 12.9. The quantitative estimate of drug-likeness (QED) is 0.444. The molecule has 1 atom stereocenters. The van der Waals surface area contributed by atoms with E-state index in [1.165, 1.54) is 19.1 Å². The Morgan fingerprint density at radius 1 is 1.00 bits per heavy atom. The van der Waals surface area contributed by atoms with Crippen molar-refractivity contribution in [2.75, 3.05) is 6.54 Å². The van der Waals surface area contributed by atoms with Crippen LogP contribution in [0.2, 0.25) is 0 Å². The Hall–Kier alpha value is -3.35.